The summed E-state index contributed by atoms with van der Waals surface area (Å²) in [6, 6.07) is 16.6. The van der Waals surface area contributed by atoms with Crippen LogP contribution in [0, 0.1) is 0 Å². The Morgan fingerprint density at radius 3 is 2.67 bits per heavy atom. The second kappa shape index (κ2) is 8.95. The number of hydrogen-bond acceptors (Lipinski definition) is 3. The summed E-state index contributed by atoms with van der Waals surface area (Å²) in [6.45, 7) is 1.71. The van der Waals surface area contributed by atoms with Gasteiger partial charge >= 0.3 is 0 Å². The summed E-state index contributed by atoms with van der Waals surface area (Å²) in [5, 5.41) is 3.20. The molecule has 0 radical (unpaired) electrons. The zero-order chi connectivity index (χ0) is 19.2. The number of nitrogens with zero attached hydrogens (tertiary/aromatic N) is 3. The third-order valence-electron chi connectivity index (χ3n) is 4.74. The van der Waals surface area contributed by atoms with Gasteiger partial charge in [-0.2, -0.15) is 0 Å². The lowest BCUT2D eigenvalue weighted by atomic mass is 10.2. The molecule has 3 rings (SSSR count). The van der Waals surface area contributed by atoms with Crippen molar-refractivity contribution in [1.29, 1.82) is 0 Å². The summed E-state index contributed by atoms with van der Waals surface area (Å²) in [5.41, 5.74) is 3.47. The van der Waals surface area contributed by atoms with Crippen molar-refractivity contribution in [2.75, 3.05) is 38.3 Å². The fraction of sp³-hybridized carbons (Fsp3) is 0.333. The molecule has 0 spiro atoms. The molecule has 5 nitrogen and oxygen atoms in total. The largest absolute Gasteiger partial charge is 0.347 e. The van der Waals surface area contributed by atoms with E-state index in [0.717, 1.165) is 25.2 Å². The number of amides is 1. The molecule has 1 aliphatic heterocycles. The fourth-order valence-corrected chi connectivity index (χ4v) is 3.72. The maximum atomic E-state index is 12.7. The molecule has 2 aromatic carbocycles. The van der Waals surface area contributed by atoms with Crippen molar-refractivity contribution in [2.45, 2.75) is 17.9 Å². The summed E-state index contributed by atoms with van der Waals surface area (Å²) >= 11 is 1.73. The van der Waals surface area contributed by atoms with Gasteiger partial charge in [-0.1, -0.05) is 30.3 Å². The van der Waals surface area contributed by atoms with Crippen LogP contribution in [0.5, 0.6) is 0 Å². The number of hydrogen-bond donors (Lipinski definition) is 1. The van der Waals surface area contributed by atoms with E-state index in [-0.39, 0.29) is 12.5 Å². The molecular weight excluding hydrogens is 356 g/mol. The van der Waals surface area contributed by atoms with Crippen LogP contribution in [0.2, 0.25) is 0 Å². The molecule has 1 heterocycles. The molecular formula is C21H26N4OS. The van der Waals surface area contributed by atoms with E-state index in [2.05, 4.69) is 46.9 Å². The number of nitrogens with one attached hydrogen (secondary N) is 1. The summed E-state index contributed by atoms with van der Waals surface area (Å²) in [4.78, 5) is 22.1. The first-order chi connectivity index (χ1) is 13.1. The maximum Gasteiger partial charge on any atom is 0.246 e. The van der Waals surface area contributed by atoms with Crippen LogP contribution in [0.15, 0.2) is 58.4 Å². The van der Waals surface area contributed by atoms with Gasteiger partial charge in [-0.15, -0.1) is 11.8 Å². The predicted octanol–water partition coefficient (Wildman–Crippen LogP) is 3.01. The van der Waals surface area contributed by atoms with Crippen molar-refractivity contribution < 1.29 is 4.79 Å². The number of para-hydroxylation sites is 1. The van der Waals surface area contributed by atoms with Crippen molar-refractivity contribution in [3.63, 3.8) is 0 Å². The Hall–Kier alpha value is -2.47. The molecule has 0 aromatic heterocycles. The number of carbonyl (C=O) groups is 1. The van der Waals surface area contributed by atoms with E-state index in [4.69, 9.17) is 0 Å². The van der Waals surface area contributed by atoms with Crippen molar-refractivity contribution >= 4 is 29.3 Å². The van der Waals surface area contributed by atoms with E-state index >= 15 is 0 Å². The van der Waals surface area contributed by atoms with Gasteiger partial charge in [0.1, 0.15) is 0 Å². The molecule has 0 fully saturated rings. The van der Waals surface area contributed by atoms with Crippen molar-refractivity contribution in [3.05, 3.63) is 59.7 Å². The minimum Gasteiger partial charge on any atom is -0.347 e. The average Bonchev–Trinajstić information content (AvgIpc) is 3.13. The van der Waals surface area contributed by atoms with Crippen molar-refractivity contribution in [3.8, 4) is 0 Å². The number of thioether (sulfide) groups is 1. The fourth-order valence-electron chi connectivity index (χ4n) is 3.31. The maximum absolute atomic E-state index is 12.7. The molecule has 1 N–H and O–H groups in total. The minimum atomic E-state index is 0.0684. The quantitative estimate of drug-likeness (QED) is 0.491. The molecule has 0 unspecified atom stereocenters. The van der Waals surface area contributed by atoms with Gasteiger partial charge in [0.2, 0.25) is 5.91 Å². The number of aliphatic imine (C=N–C) groups is 1. The van der Waals surface area contributed by atoms with Gasteiger partial charge in [-0.05, 0) is 42.0 Å². The zero-order valence-corrected chi connectivity index (χ0v) is 16.9. The van der Waals surface area contributed by atoms with Gasteiger partial charge in [0.05, 0.1) is 6.54 Å². The lowest BCUT2D eigenvalue weighted by Crippen LogP contribution is -2.44. The second-order valence-electron chi connectivity index (χ2n) is 6.53. The highest BCUT2D eigenvalue weighted by atomic mass is 32.2. The van der Waals surface area contributed by atoms with E-state index in [1.54, 1.807) is 18.8 Å². The van der Waals surface area contributed by atoms with Crippen LogP contribution in [0.1, 0.15) is 11.1 Å². The molecule has 1 aliphatic rings. The second-order valence-corrected chi connectivity index (χ2v) is 7.41. The molecule has 0 atom stereocenters. The summed E-state index contributed by atoms with van der Waals surface area (Å²) < 4.78 is 0. The number of fused-ring (bicyclic) bond motifs is 1. The first-order valence-corrected chi connectivity index (χ1v) is 10.3. The third-order valence-corrected chi connectivity index (χ3v) is 5.48. The topological polar surface area (TPSA) is 47.9 Å². The van der Waals surface area contributed by atoms with E-state index < -0.39 is 0 Å². The summed E-state index contributed by atoms with van der Waals surface area (Å²) in [6.07, 6.45) is 2.99. The van der Waals surface area contributed by atoms with E-state index in [1.165, 1.54) is 16.0 Å². The van der Waals surface area contributed by atoms with Crippen LogP contribution in [-0.4, -0.2) is 50.2 Å². The minimum absolute atomic E-state index is 0.0684. The Kier molecular flexibility index (Phi) is 6.40. The Bertz CT molecular complexity index is 819. The molecule has 0 saturated heterocycles. The third kappa shape index (κ3) is 4.63. The average molecular weight is 383 g/mol. The lowest BCUT2D eigenvalue weighted by Gasteiger charge is -2.23. The monoisotopic (exact) mass is 382 g/mol. The molecule has 2 aromatic rings. The number of rotatable bonds is 5. The Labute approximate surface area is 165 Å². The number of benzene rings is 2. The number of carbonyl (C=O) groups excluding carboxylic acids is 1. The van der Waals surface area contributed by atoms with Gasteiger partial charge in [-0.3, -0.25) is 9.79 Å². The molecule has 142 valence electrons. The van der Waals surface area contributed by atoms with Crippen LogP contribution >= 0.6 is 11.8 Å². The van der Waals surface area contributed by atoms with Crippen LogP contribution in [-0.2, 0) is 17.8 Å². The highest BCUT2D eigenvalue weighted by Gasteiger charge is 2.24. The Morgan fingerprint density at radius 2 is 1.96 bits per heavy atom. The first kappa shape index (κ1) is 19.3. The van der Waals surface area contributed by atoms with E-state index in [0.29, 0.717) is 5.96 Å². The van der Waals surface area contributed by atoms with Gasteiger partial charge in [0, 0.05) is 37.8 Å². The molecule has 1 amide bonds. The highest BCUT2D eigenvalue weighted by Crippen LogP contribution is 2.27. The SMILES string of the molecule is CN=C(NCC(=O)N1CCc2ccccc21)N(C)Cc1ccc(SC)cc1. The number of guanidine groups is 1. The Morgan fingerprint density at radius 1 is 1.22 bits per heavy atom. The van der Waals surface area contributed by atoms with Crippen LogP contribution in [0.4, 0.5) is 5.69 Å². The zero-order valence-electron chi connectivity index (χ0n) is 16.1. The number of anilines is 1. The molecule has 0 aliphatic carbocycles. The van der Waals surface area contributed by atoms with Crippen LogP contribution in [0.3, 0.4) is 0 Å². The summed E-state index contributed by atoms with van der Waals surface area (Å²) in [5.74, 6) is 0.781. The predicted molar refractivity (Wildman–Crippen MR) is 114 cm³/mol. The van der Waals surface area contributed by atoms with Gasteiger partial charge in [0.15, 0.2) is 5.96 Å². The standard InChI is InChI=1S/C21H26N4OS/c1-22-21(24(2)15-16-8-10-18(27-3)11-9-16)23-14-20(26)25-13-12-17-6-4-5-7-19(17)25/h4-11H,12-15H2,1-3H3,(H,22,23). The first-order valence-electron chi connectivity index (χ1n) is 9.05. The van der Waals surface area contributed by atoms with E-state index in [1.807, 2.05) is 35.0 Å². The molecule has 0 saturated carbocycles. The van der Waals surface area contributed by atoms with Gasteiger partial charge < -0.3 is 15.1 Å². The molecule has 27 heavy (non-hydrogen) atoms. The normalized spacial score (nSPS) is 13.4. The highest BCUT2D eigenvalue weighted by molar-refractivity contribution is 7.98. The van der Waals surface area contributed by atoms with Gasteiger partial charge in [0.25, 0.3) is 0 Å². The van der Waals surface area contributed by atoms with Crippen molar-refractivity contribution in [2.24, 2.45) is 4.99 Å². The molecule has 6 heteroatoms. The smallest absolute Gasteiger partial charge is 0.246 e. The van der Waals surface area contributed by atoms with Crippen LogP contribution in [0.25, 0.3) is 0 Å². The molecule has 0 bridgehead atoms. The van der Waals surface area contributed by atoms with E-state index in [9.17, 15) is 4.79 Å². The summed E-state index contributed by atoms with van der Waals surface area (Å²) in [7, 11) is 3.72. The Balaban J connectivity index is 1.56. The lowest BCUT2D eigenvalue weighted by molar-refractivity contribution is -0.117. The van der Waals surface area contributed by atoms with Crippen molar-refractivity contribution in [1.82, 2.24) is 10.2 Å². The van der Waals surface area contributed by atoms with Gasteiger partial charge in [-0.25, -0.2) is 0 Å². The van der Waals surface area contributed by atoms with Crippen LogP contribution < -0.4 is 10.2 Å².